The number of carbonyl (C=O) groups is 1. The van der Waals surface area contributed by atoms with E-state index < -0.39 is 6.03 Å². The molecule has 1 aromatic carbocycles. The summed E-state index contributed by atoms with van der Waals surface area (Å²) in [5.41, 5.74) is 2.74. The number of amides is 2. The molecule has 0 aliphatic carbocycles. The highest BCUT2D eigenvalue weighted by atomic mass is 16.6. The van der Waals surface area contributed by atoms with Gasteiger partial charge in [0.05, 0.1) is 7.11 Å². The molecule has 0 aromatic heterocycles. The number of nitrogens with one attached hydrogen (secondary N) is 2. The van der Waals surface area contributed by atoms with Crippen molar-refractivity contribution in [2.45, 2.75) is 6.54 Å². The zero-order valence-electron chi connectivity index (χ0n) is 8.15. The third-order valence-corrected chi connectivity index (χ3v) is 1.69. The van der Waals surface area contributed by atoms with Gasteiger partial charge < -0.3 is 15.5 Å². The number of rotatable bonds is 3. The fraction of sp³-hybridized carbons (Fsp3) is 0.222. The van der Waals surface area contributed by atoms with Crippen LogP contribution in [0.2, 0.25) is 0 Å². The molecule has 82 valence electrons. The van der Waals surface area contributed by atoms with E-state index in [1.54, 1.807) is 6.07 Å². The maximum absolute atomic E-state index is 10.9. The van der Waals surface area contributed by atoms with Crippen molar-refractivity contribution in [1.29, 1.82) is 0 Å². The lowest BCUT2D eigenvalue weighted by molar-refractivity contribution is 0.107. The van der Waals surface area contributed by atoms with Crippen LogP contribution in [0.25, 0.3) is 0 Å². The van der Waals surface area contributed by atoms with Gasteiger partial charge in [-0.3, -0.25) is 4.84 Å². The van der Waals surface area contributed by atoms with Gasteiger partial charge in [-0.1, -0.05) is 6.07 Å². The van der Waals surface area contributed by atoms with E-state index in [0.717, 1.165) is 0 Å². The number of phenolic OH excluding ortho intramolecular Hbond substituents is 2. The van der Waals surface area contributed by atoms with Crippen LogP contribution in [0.1, 0.15) is 5.56 Å². The summed E-state index contributed by atoms with van der Waals surface area (Å²) in [6.07, 6.45) is 0. The van der Waals surface area contributed by atoms with Crippen LogP contribution in [0.3, 0.4) is 0 Å². The first-order chi connectivity index (χ1) is 7.13. The highest BCUT2D eigenvalue weighted by Gasteiger charge is 2.02. The van der Waals surface area contributed by atoms with Crippen molar-refractivity contribution in [1.82, 2.24) is 10.8 Å². The van der Waals surface area contributed by atoms with Crippen molar-refractivity contribution < 1.29 is 19.8 Å². The lowest BCUT2D eigenvalue weighted by Crippen LogP contribution is -2.34. The van der Waals surface area contributed by atoms with Crippen molar-refractivity contribution in [3.05, 3.63) is 23.8 Å². The van der Waals surface area contributed by atoms with Crippen molar-refractivity contribution in [2.24, 2.45) is 0 Å². The molecular formula is C9H12N2O4. The summed E-state index contributed by atoms with van der Waals surface area (Å²) in [7, 11) is 1.33. The molecule has 0 radical (unpaired) electrons. The average Bonchev–Trinajstić information content (AvgIpc) is 2.20. The SMILES string of the molecule is CONC(=O)NCc1ccc(O)c(O)c1. The molecule has 0 spiro atoms. The molecule has 0 unspecified atom stereocenters. The molecule has 0 saturated heterocycles. The second kappa shape index (κ2) is 5.06. The summed E-state index contributed by atoms with van der Waals surface area (Å²) in [4.78, 5) is 15.3. The predicted molar refractivity (Wildman–Crippen MR) is 52.2 cm³/mol. The highest BCUT2D eigenvalue weighted by Crippen LogP contribution is 2.24. The van der Waals surface area contributed by atoms with Crippen LogP contribution in [0, 0.1) is 0 Å². The van der Waals surface area contributed by atoms with Crippen LogP contribution in [-0.2, 0) is 11.4 Å². The van der Waals surface area contributed by atoms with Crippen molar-refractivity contribution in [3.8, 4) is 11.5 Å². The van der Waals surface area contributed by atoms with E-state index in [0.29, 0.717) is 5.56 Å². The Labute approximate surface area is 86.4 Å². The van der Waals surface area contributed by atoms with Crippen LogP contribution >= 0.6 is 0 Å². The summed E-state index contributed by atoms with van der Waals surface area (Å²) in [6.45, 7) is 0.225. The van der Waals surface area contributed by atoms with E-state index in [1.165, 1.54) is 19.2 Å². The summed E-state index contributed by atoms with van der Waals surface area (Å²) in [5.74, 6) is -0.415. The Balaban J connectivity index is 2.51. The quantitative estimate of drug-likeness (QED) is 0.432. The molecule has 0 bridgehead atoms. The number of carbonyl (C=O) groups excluding carboxylic acids is 1. The number of urea groups is 1. The van der Waals surface area contributed by atoms with Gasteiger partial charge in [-0.2, -0.15) is 0 Å². The van der Waals surface area contributed by atoms with Crippen molar-refractivity contribution in [2.75, 3.05) is 7.11 Å². The molecule has 0 aliphatic heterocycles. The molecule has 0 aliphatic rings. The van der Waals surface area contributed by atoms with E-state index >= 15 is 0 Å². The fourth-order valence-corrected chi connectivity index (χ4v) is 0.990. The first-order valence-corrected chi connectivity index (χ1v) is 4.21. The van der Waals surface area contributed by atoms with Crippen LogP contribution in [0.4, 0.5) is 4.79 Å². The van der Waals surface area contributed by atoms with Crippen molar-refractivity contribution >= 4 is 6.03 Å². The summed E-state index contributed by atoms with van der Waals surface area (Å²) < 4.78 is 0. The Kier molecular flexibility index (Phi) is 3.75. The number of aromatic hydroxyl groups is 2. The van der Waals surface area contributed by atoms with Gasteiger partial charge in [0.15, 0.2) is 11.5 Å². The van der Waals surface area contributed by atoms with E-state index in [9.17, 15) is 4.79 Å². The highest BCUT2D eigenvalue weighted by molar-refractivity contribution is 5.72. The maximum Gasteiger partial charge on any atom is 0.338 e. The Hall–Kier alpha value is -1.95. The number of hydrogen-bond donors (Lipinski definition) is 4. The van der Waals surface area contributed by atoms with Crippen LogP contribution < -0.4 is 10.8 Å². The molecule has 6 heteroatoms. The van der Waals surface area contributed by atoms with Gasteiger partial charge >= 0.3 is 6.03 Å². The number of phenols is 2. The molecule has 0 heterocycles. The Morgan fingerprint density at radius 1 is 1.40 bits per heavy atom. The summed E-state index contributed by atoms with van der Waals surface area (Å²) >= 11 is 0. The molecule has 2 amide bonds. The third-order valence-electron chi connectivity index (χ3n) is 1.69. The molecule has 0 fully saturated rings. The monoisotopic (exact) mass is 212 g/mol. The Bertz CT molecular complexity index is 354. The van der Waals surface area contributed by atoms with Gasteiger partial charge in [0.2, 0.25) is 0 Å². The maximum atomic E-state index is 10.9. The van der Waals surface area contributed by atoms with Gasteiger partial charge in [-0.15, -0.1) is 0 Å². The Morgan fingerprint density at radius 3 is 2.73 bits per heavy atom. The molecule has 1 rings (SSSR count). The van der Waals surface area contributed by atoms with Gasteiger partial charge in [-0.05, 0) is 17.7 Å². The van der Waals surface area contributed by atoms with Crippen LogP contribution in [-0.4, -0.2) is 23.4 Å². The van der Waals surface area contributed by atoms with Gasteiger partial charge in [0, 0.05) is 6.54 Å². The molecule has 0 saturated carbocycles. The Morgan fingerprint density at radius 2 is 2.13 bits per heavy atom. The second-order valence-corrected chi connectivity index (χ2v) is 2.81. The predicted octanol–water partition coefficient (Wildman–Crippen LogP) is 0.458. The lowest BCUT2D eigenvalue weighted by Gasteiger charge is -2.06. The van der Waals surface area contributed by atoms with Gasteiger partial charge in [-0.25, -0.2) is 10.3 Å². The third kappa shape index (κ3) is 3.35. The normalized spacial score (nSPS) is 9.67. The summed E-state index contributed by atoms with van der Waals surface area (Å²) in [6, 6.07) is 3.82. The van der Waals surface area contributed by atoms with Gasteiger partial charge in [0.1, 0.15) is 0 Å². The minimum Gasteiger partial charge on any atom is -0.504 e. The zero-order chi connectivity index (χ0) is 11.3. The van der Waals surface area contributed by atoms with E-state index in [1.807, 2.05) is 0 Å². The molecule has 15 heavy (non-hydrogen) atoms. The topological polar surface area (TPSA) is 90.8 Å². The zero-order valence-corrected chi connectivity index (χ0v) is 8.15. The second-order valence-electron chi connectivity index (χ2n) is 2.81. The van der Waals surface area contributed by atoms with Crippen molar-refractivity contribution in [3.63, 3.8) is 0 Å². The first kappa shape index (κ1) is 11.1. The summed E-state index contributed by atoms with van der Waals surface area (Å²) in [5, 5.41) is 20.7. The largest absolute Gasteiger partial charge is 0.504 e. The van der Waals surface area contributed by atoms with E-state index in [2.05, 4.69) is 15.6 Å². The van der Waals surface area contributed by atoms with Gasteiger partial charge in [0.25, 0.3) is 0 Å². The molecule has 6 nitrogen and oxygen atoms in total. The van der Waals surface area contributed by atoms with Crippen LogP contribution in [0.5, 0.6) is 11.5 Å². The van der Waals surface area contributed by atoms with Crippen LogP contribution in [0.15, 0.2) is 18.2 Å². The smallest absolute Gasteiger partial charge is 0.338 e. The number of hydroxylamine groups is 1. The number of benzene rings is 1. The fourth-order valence-electron chi connectivity index (χ4n) is 0.990. The standard InChI is InChI=1S/C9H12N2O4/c1-15-11-9(14)10-5-6-2-3-7(12)8(13)4-6/h2-4,12-13H,5H2,1H3,(H2,10,11,14). The van der Waals surface area contributed by atoms with E-state index in [4.69, 9.17) is 10.2 Å². The first-order valence-electron chi connectivity index (χ1n) is 4.21. The average molecular weight is 212 g/mol. The minimum absolute atomic E-state index is 0.194. The molecule has 0 atom stereocenters. The molecule has 1 aromatic rings. The molecule has 4 N–H and O–H groups in total. The molecular weight excluding hydrogens is 200 g/mol. The van der Waals surface area contributed by atoms with E-state index in [-0.39, 0.29) is 18.0 Å². The minimum atomic E-state index is -0.481. The lowest BCUT2D eigenvalue weighted by atomic mass is 10.2. The number of hydrogen-bond acceptors (Lipinski definition) is 4.